The Hall–Kier alpha value is -2.48. The van der Waals surface area contributed by atoms with Gasteiger partial charge in [-0.3, -0.25) is 0 Å². The van der Waals surface area contributed by atoms with Crippen LogP contribution in [0.15, 0.2) is 54.6 Å². The maximum atomic E-state index is 10.4. The Bertz CT molecular complexity index is 890. The van der Waals surface area contributed by atoms with Crippen molar-refractivity contribution in [2.75, 3.05) is 0 Å². The van der Waals surface area contributed by atoms with Crippen LogP contribution in [0.4, 0.5) is 0 Å². The molecule has 3 aromatic carbocycles. The molecule has 144 valence electrons. The third kappa shape index (κ3) is 5.26. The van der Waals surface area contributed by atoms with Gasteiger partial charge in [0.15, 0.2) is 0 Å². The lowest BCUT2D eigenvalue weighted by atomic mass is 9.78. The second-order valence-corrected chi connectivity index (χ2v) is 9.24. The summed E-state index contributed by atoms with van der Waals surface area (Å²) < 4.78 is 0. The summed E-state index contributed by atoms with van der Waals surface area (Å²) in [5.74, 6) is 0.786. The summed E-state index contributed by atoms with van der Waals surface area (Å²) in [6, 6.07) is 17.5. The third-order valence-corrected chi connectivity index (χ3v) is 4.60. The Kier molecular flexibility index (Phi) is 5.89. The molecule has 0 aliphatic rings. The second kappa shape index (κ2) is 7.64. The van der Waals surface area contributed by atoms with E-state index in [2.05, 4.69) is 60.6 Å². The Morgan fingerprint density at radius 1 is 0.630 bits per heavy atom. The van der Waals surface area contributed by atoms with Gasteiger partial charge in [-0.15, -0.1) is 0 Å². The highest BCUT2D eigenvalue weighted by molar-refractivity contribution is 5.83. The Labute approximate surface area is 163 Å². The van der Waals surface area contributed by atoms with E-state index in [0.29, 0.717) is 11.5 Å². The van der Waals surface area contributed by atoms with Crippen LogP contribution in [-0.2, 0) is 10.8 Å². The van der Waals surface area contributed by atoms with Crippen molar-refractivity contribution in [3.63, 3.8) is 0 Å². The first-order valence-electron chi connectivity index (χ1n) is 9.42. The maximum Gasteiger partial charge on any atom is 0.123 e. The topological polar surface area (TPSA) is 40.5 Å². The average Bonchev–Trinajstić information content (AvgIpc) is 2.55. The van der Waals surface area contributed by atoms with E-state index in [4.69, 9.17) is 5.11 Å². The van der Waals surface area contributed by atoms with Crippen LogP contribution in [0.5, 0.6) is 11.5 Å². The molecule has 0 saturated carbocycles. The fourth-order valence-electron chi connectivity index (χ4n) is 3.10. The number of rotatable bonds is 0. The van der Waals surface area contributed by atoms with Gasteiger partial charge in [0.1, 0.15) is 11.5 Å². The summed E-state index contributed by atoms with van der Waals surface area (Å²) in [5, 5.41) is 21.7. The highest BCUT2D eigenvalue weighted by atomic mass is 16.3. The van der Waals surface area contributed by atoms with Gasteiger partial charge in [0.05, 0.1) is 0 Å². The van der Waals surface area contributed by atoms with E-state index in [1.165, 1.54) is 5.56 Å². The van der Waals surface area contributed by atoms with Crippen LogP contribution in [0.3, 0.4) is 0 Å². The molecule has 0 fully saturated rings. The Balaban J connectivity index is 0.000000206. The van der Waals surface area contributed by atoms with E-state index in [-0.39, 0.29) is 10.8 Å². The molecule has 0 unspecified atom stereocenters. The van der Waals surface area contributed by atoms with Gasteiger partial charge in [0.25, 0.3) is 0 Å². The van der Waals surface area contributed by atoms with Gasteiger partial charge in [-0.1, -0.05) is 89.6 Å². The van der Waals surface area contributed by atoms with Gasteiger partial charge in [0, 0.05) is 0 Å². The van der Waals surface area contributed by atoms with Crippen molar-refractivity contribution in [2.24, 2.45) is 0 Å². The standard InChI is InChI=1S/C15H24O.C10H8O/c1-10-8-11(14(2,3)4)13(16)12(9-10)15(5,6)7;11-10-6-5-8-3-1-2-4-9(8)7-10/h8-9,16H,1-7H3;1-7,11H. The molecule has 0 amide bonds. The van der Waals surface area contributed by atoms with E-state index in [1.807, 2.05) is 30.3 Å². The van der Waals surface area contributed by atoms with Crippen molar-refractivity contribution in [3.05, 3.63) is 71.3 Å². The zero-order valence-corrected chi connectivity index (χ0v) is 17.6. The van der Waals surface area contributed by atoms with Crippen LogP contribution < -0.4 is 0 Å². The normalized spacial score (nSPS) is 11.8. The molecule has 2 heteroatoms. The molecule has 2 nitrogen and oxygen atoms in total. The summed E-state index contributed by atoms with van der Waals surface area (Å²) >= 11 is 0. The van der Waals surface area contributed by atoms with E-state index in [0.717, 1.165) is 21.9 Å². The van der Waals surface area contributed by atoms with Crippen LogP contribution >= 0.6 is 0 Å². The van der Waals surface area contributed by atoms with E-state index >= 15 is 0 Å². The zero-order chi connectivity index (χ0) is 20.4. The fourth-order valence-corrected chi connectivity index (χ4v) is 3.10. The Morgan fingerprint density at radius 2 is 1.11 bits per heavy atom. The minimum Gasteiger partial charge on any atom is -0.508 e. The van der Waals surface area contributed by atoms with Crippen LogP contribution in [0.2, 0.25) is 0 Å². The molecule has 0 radical (unpaired) electrons. The molecule has 0 aliphatic carbocycles. The molecule has 2 N–H and O–H groups in total. The maximum absolute atomic E-state index is 10.4. The predicted octanol–water partition coefficient (Wildman–Crippen LogP) is 6.84. The van der Waals surface area contributed by atoms with Gasteiger partial charge < -0.3 is 10.2 Å². The first-order chi connectivity index (χ1) is 12.4. The summed E-state index contributed by atoms with van der Waals surface area (Å²) in [6.07, 6.45) is 0. The molecule has 3 rings (SSSR count). The Morgan fingerprint density at radius 3 is 1.59 bits per heavy atom. The quantitative estimate of drug-likeness (QED) is 0.458. The van der Waals surface area contributed by atoms with Gasteiger partial charge >= 0.3 is 0 Å². The molecular formula is C25H32O2. The van der Waals surface area contributed by atoms with Crippen molar-refractivity contribution < 1.29 is 10.2 Å². The molecule has 0 spiro atoms. The molecule has 0 bridgehead atoms. The molecule has 0 aliphatic heterocycles. The minimum atomic E-state index is -0.0178. The van der Waals surface area contributed by atoms with Crippen molar-refractivity contribution in [1.29, 1.82) is 0 Å². The van der Waals surface area contributed by atoms with Gasteiger partial charge in [-0.25, -0.2) is 0 Å². The molecule has 0 aromatic heterocycles. The summed E-state index contributed by atoms with van der Waals surface area (Å²) in [7, 11) is 0. The first kappa shape index (κ1) is 20.8. The predicted molar refractivity (Wildman–Crippen MR) is 116 cm³/mol. The molecule has 3 aromatic rings. The van der Waals surface area contributed by atoms with Gasteiger partial charge in [-0.2, -0.15) is 0 Å². The van der Waals surface area contributed by atoms with Crippen molar-refractivity contribution >= 4 is 10.8 Å². The van der Waals surface area contributed by atoms with E-state index < -0.39 is 0 Å². The SMILES string of the molecule is Cc1cc(C(C)(C)C)c(O)c(C(C)(C)C)c1.Oc1ccc2ccccc2c1. The zero-order valence-electron chi connectivity index (χ0n) is 17.6. The summed E-state index contributed by atoms with van der Waals surface area (Å²) in [5.41, 5.74) is 3.26. The lowest BCUT2D eigenvalue weighted by molar-refractivity contribution is 0.423. The van der Waals surface area contributed by atoms with Crippen molar-refractivity contribution in [1.82, 2.24) is 0 Å². The minimum absolute atomic E-state index is 0.0178. The highest BCUT2D eigenvalue weighted by Crippen LogP contribution is 2.39. The number of hydrogen-bond acceptors (Lipinski definition) is 2. The number of hydrogen-bond donors (Lipinski definition) is 2. The van der Waals surface area contributed by atoms with Crippen LogP contribution in [-0.4, -0.2) is 10.2 Å². The van der Waals surface area contributed by atoms with Gasteiger partial charge in [0.2, 0.25) is 0 Å². The molecule has 27 heavy (non-hydrogen) atoms. The average molecular weight is 365 g/mol. The van der Waals surface area contributed by atoms with Crippen LogP contribution in [0.25, 0.3) is 10.8 Å². The van der Waals surface area contributed by atoms with Crippen LogP contribution in [0.1, 0.15) is 58.2 Å². The molecule has 0 saturated heterocycles. The number of aromatic hydroxyl groups is 2. The number of benzene rings is 3. The third-order valence-electron chi connectivity index (χ3n) is 4.60. The molecule has 0 atom stereocenters. The highest BCUT2D eigenvalue weighted by Gasteiger charge is 2.25. The molecule has 0 heterocycles. The number of fused-ring (bicyclic) bond motifs is 1. The molecular weight excluding hydrogens is 332 g/mol. The number of phenols is 2. The summed E-state index contributed by atoms with van der Waals surface area (Å²) in [6.45, 7) is 14.9. The number of phenolic OH excluding ortho intramolecular Hbond substituents is 2. The lowest BCUT2D eigenvalue weighted by Gasteiger charge is -2.27. The largest absolute Gasteiger partial charge is 0.508 e. The smallest absolute Gasteiger partial charge is 0.123 e. The van der Waals surface area contributed by atoms with Crippen LogP contribution in [0, 0.1) is 6.92 Å². The summed E-state index contributed by atoms with van der Waals surface area (Å²) in [4.78, 5) is 0. The lowest BCUT2D eigenvalue weighted by Crippen LogP contribution is -2.17. The van der Waals surface area contributed by atoms with Crippen molar-refractivity contribution in [3.8, 4) is 11.5 Å². The monoisotopic (exact) mass is 364 g/mol. The first-order valence-corrected chi connectivity index (χ1v) is 9.42. The van der Waals surface area contributed by atoms with Gasteiger partial charge in [-0.05, 0) is 51.8 Å². The van der Waals surface area contributed by atoms with E-state index in [1.54, 1.807) is 12.1 Å². The van der Waals surface area contributed by atoms with E-state index in [9.17, 15) is 5.11 Å². The van der Waals surface area contributed by atoms with Crippen molar-refractivity contribution in [2.45, 2.75) is 59.3 Å². The fraction of sp³-hybridized carbons (Fsp3) is 0.360. The number of aryl methyl sites for hydroxylation is 1. The second-order valence-electron chi connectivity index (χ2n) is 9.24.